The van der Waals surface area contributed by atoms with Crippen molar-refractivity contribution in [2.24, 2.45) is 5.10 Å². The number of hydrogen-bond acceptors (Lipinski definition) is 7. The second-order valence-electron chi connectivity index (χ2n) is 6.78. The van der Waals surface area contributed by atoms with Crippen LogP contribution in [0.4, 0.5) is 0 Å². The number of nitrogens with one attached hydrogen (secondary N) is 2. The number of amidine groups is 1. The summed E-state index contributed by atoms with van der Waals surface area (Å²) < 4.78 is 4.56. The molecule has 0 radical (unpaired) electrons. The lowest BCUT2D eigenvalue weighted by atomic mass is 10.1. The standard InChI is InChI=1S/C22H20N4O5S/c1-13-4-8-15(9-5-13)19(28)23-24-22-26(21(30)17(32-22)12-18(27)31-3)25-20(29)16-10-6-14(2)7-11-16/h4-12H,1-3H3,(H,23,28)(H,25,29)/b17-12-,24-22-. The average molecular weight is 452 g/mol. The van der Waals surface area contributed by atoms with Crippen molar-refractivity contribution in [3.63, 3.8) is 0 Å². The molecule has 32 heavy (non-hydrogen) atoms. The van der Waals surface area contributed by atoms with Crippen molar-refractivity contribution in [2.45, 2.75) is 13.8 Å². The Morgan fingerprint density at radius 3 is 2.00 bits per heavy atom. The molecule has 2 aromatic rings. The zero-order chi connectivity index (χ0) is 23.3. The van der Waals surface area contributed by atoms with Crippen molar-refractivity contribution >= 4 is 40.6 Å². The minimum absolute atomic E-state index is 0.0237. The van der Waals surface area contributed by atoms with Crippen LogP contribution < -0.4 is 10.9 Å². The summed E-state index contributed by atoms with van der Waals surface area (Å²) in [7, 11) is 1.18. The van der Waals surface area contributed by atoms with Crippen molar-refractivity contribution in [1.82, 2.24) is 15.9 Å². The number of ether oxygens (including phenoxy) is 1. The lowest BCUT2D eigenvalue weighted by Gasteiger charge is -2.16. The molecule has 9 nitrogen and oxygen atoms in total. The Morgan fingerprint density at radius 1 is 0.938 bits per heavy atom. The summed E-state index contributed by atoms with van der Waals surface area (Å²) in [5.74, 6) is -2.49. The number of hydrazine groups is 1. The SMILES string of the molecule is COC(=O)/C=C1\S/C(=N\NC(=O)c2ccc(C)cc2)N(NC(=O)c2ccc(C)cc2)C1=O. The molecule has 0 spiro atoms. The van der Waals surface area contributed by atoms with E-state index in [2.05, 4.69) is 20.7 Å². The molecule has 1 fully saturated rings. The van der Waals surface area contributed by atoms with Gasteiger partial charge in [-0.1, -0.05) is 35.4 Å². The van der Waals surface area contributed by atoms with Gasteiger partial charge in [0.2, 0.25) is 5.17 Å². The first-order valence-corrected chi connectivity index (χ1v) is 10.2. The minimum atomic E-state index is -0.740. The number of methoxy groups -OCH3 is 1. The summed E-state index contributed by atoms with van der Waals surface area (Å²) >= 11 is 0.807. The molecule has 0 saturated carbocycles. The maximum Gasteiger partial charge on any atom is 0.331 e. The molecule has 1 aliphatic heterocycles. The third-order valence-corrected chi connectivity index (χ3v) is 5.32. The number of thioether (sulfide) groups is 1. The lowest BCUT2D eigenvalue weighted by molar-refractivity contribution is -0.135. The van der Waals surface area contributed by atoms with Crippen molar-refractivity contribution in [2.75, 3.05) is 7.11 Å². The molecule has 2 aromatic carbocycles. The van der Waals surface area contributed by atoms with Crippen LogP contribution in [-0.2, 0) is 14.3 Å². The Balaban J connectivity index is 1.84. The van der Waals surface area contributed by atoms with E-state index in [1.165, 1.54) is 7.11 Å². The fourth-order valence-electron chi connectivity index (χ4n) is 2.55. The van der Waals surface area contributed by atoms with E-state index >= 15 is 0 Å². The molecule has 0 unspecified atom stereocenters. The highest BCUT2D eigenvalue weighted by Gasteiger charge is 2.36. The van der Waals surface area contributed by atoms with Gasteiger partial charge in [-0.15, -0.1) is 5.10 Å². The highest BCUT2D eigenvalue weighted by molar-refractivity contribution is 8.18. The number of carbonyl (C=O) groups excluding carboxylic acids is 4. The summed E-state index contributed by atoms with van der Waals surface area (Å²) in [6.45, 7) is 3.78. The molecule has 1 aliphatic rings. The van der Waals surface area contributed by atoms with Gasteiger partial charge in [0, 0.05) is 17.2 Å². The van der Waals surface area contributed by atoms with Gasteiger partial charge in [0.15, 0.2) is 0 Å². The number of carbonyl (C=O) groups is 4. The highest BCUT2D eigenvalue weighted by atomic mass is 32.2. The van der Waals surface area contributed by atoms with Gasteiger partial charge in [-0.25, -0.2) is 10.2 Å². The van der Waals surface area contributed by atoms with Gasteiger partial charge in [0.25, 0.3) is 17.7 Å². The van der Waals surface area contributed by atoms with Crippen LogP contribution in [-0.4, -0.2) is 41.0 Å². The Bertz CT molecular complexity index is 1120. The number of nitrogens with zero attached hydrogens (tertiary/aromatic N) is 2. The van der Waals surface area contributed by atoms with Crippen LogP contribution >= 0.6 is 11.8 Å². The molecule has 1 heterocycles. The summed E-state index contributed by atoms with van der Waals surface area (Å²) in [4.78, 5) is 49.3. The molecule has 2 N–H and O–H groups in total. The van der Waals surface area contributed by atoms with Gasteiger partial charge < -0.3 is 4.74 Å². The van der Waals surface area contributed by atoms with Crippen molar-refractivity contribution < 1.29 is 23.9 Å². The Hall–Kier alpha value is -3.92. The quantitative estimate of drug-likeness (QED) is 0.408. The molecule has 0 bridgehead atoms. The number of hydrogen-bond donors (Lipinski definition) is 2. The Kier molecular flexibility index (Phi) is 7.06. The highest BCUT2D eigenvalue weighted by Crippen LogP contribution is 2.29. The van der Waals surface area contributed by atoms with E-state index in [0.29, 0.717) is 11.1 Å². The second kappa shape index (κ2) is 9.92. The summed E-state index contributed by atoms with van der Waals surface area (Å²) in [5, 5.41) is 4.81. The van der Waals surface area contributed by atoms with Crippen LogP contribution in [0.25, 0.3) is 0 Å². The number of esters is 1. The number of benzene rings is 2. The van der Waals surface area contributed by atoms with Crippen LogP contribution in [0.15, 0.2) is 64.6 Å². The molecule has 1 saturated heterocycles. The molecule has 164 valence electrons. The van der Waals surface area contributed by atoms with E-state index in [9.17, 15) is 19.2 Å². The largest absolute Gasteiger partial charge is 0.466 e. The maximum atomic E-state index is 12.8. The van der Waals surface area contributed by atoms with Crippen LogP contribution in [0, 0.1) is 13.8 Å². The number of amides is 3. The molecular formula is C22H20N4O5S. The van der Waals surface area contributed by atoms with E-state index < -0.39 is 23.7 Å². The van der Waals surface area contributed by atoms with Crippen LogP contribution in [0.1, 0.15) is 31.8 Å². The Morgan fingerprint density at radius 2 is 1.47 bits per heavy atom. The van der Waals surface area contributed by atoms with Gasteiger partial charge in [-0.05, 0) is 49.9 Å². The molecule has 3 rings (SSSR count). The third kappa shape index (κ3) is 5.41. The van der Waals surface area contributed by atoms with E-state index in [1.807, 2.05) is 13.8 Å². The molecular weight excluding hydrogens is 432 g/mol. The lowest BCUT2D eigenvalue weighted by Crippen LogP contribution is -2.46. The van der Waals surface area contributed by atoms with Crippen LogP contribution in [0.2, 0.25) is 0 Å². The zero-order valence-corrected chi connectivity index (χ0v) is 18.4. The summed E-state index contributed by atoms with van der Waals surface area (Å²) in [6.07, 6.45) is 0.988. The fourth-order valence-corrected chi connectivity index (χ4v) is 3.39. The van der Waals surface area contributed by atoms with E-state index in [0.717, 1.165) is 34.0 Å². The first kappa shape index (κ1) is 22.8. The number of hydrazone groups is 1. The van der Waals surface area contributed by atoms with Gasteiger partial charge in [-0.2, -0.15) is 5.01 Å². The van der Waals surface area contributed by atoms with E-state index in [-0.39, 0.29) is 10.1 Å². The molecule has 0 aliphatic carbocycles. The molecule has 3 amide bonds. The summed E-state index contributed by atoms with van der Waals surface area (Å²) in [5.41, 5.74) is 7.47. The predicted octanol–water partition coefficient (Wildman–Crippen LogP) is 2.28. The number of aryl methyl sites for hydroxylation is 2. The Labute approximate surface area is 188 Å². The molecule has 10 heteroatoms. The smallest absolute Gasteiger partial charge is 0.331 e. The molecule has 0 atom stereocenters. The van der Waals surface area contributed by atoms with Crippen molar-refractivity contribution in [1.29, 1.82) is 0 Å². The van der Waals surface area contributed by atoms with Crippen LogP contribution in [0.5, 0.6) is 0 Å². The second-order valence-corrected chi connectivity index (χ2v) is 7.79. The molecule has 0 aromatic heterocycles. The third-order valence-electron chi connectivity index (χ3n) is 4.35. The van der Waals surface area contributed by atoms with Crippen molar-refractivity contribution in [3.05, 3.63) is 81.8 Å². The van der Waals surface area contributed by atoms with E-state index in [1.54, 1.807) is 48.5 Å². The van der Waals surface area contributed by atoms with Gasteiger partial charge in [-0.3, -0.25) is 19.8 Å². The monoisotopic (exact) mass is 452 g/mol. The van der Waals surface area contributed by atoms with Gasteiger partial charge in [0.05, 0.1) is 12.0 Å². The normalized spacial score (nSPS) is 15.7. The number of rotatable bonds is 5. The predicted molar refractivity (Wildman–Crippen MR) is 119 cm³/mol. The first-order valence-electron chi connectivity index (χ1n) is 9.43. The summed E-state index contributed by atoms with van der Waals surface area (Å²) in [6, 6.07) is 13.6. The average Bonchev–Trinajstić information content (AvgIpc) is 3.07. The minimum Gasteiger partial charge on any atom is -0.466 e. The maximum absolute atomic E-state index is 12.8. The fraction of sp³-hybridized carbons (Fsp3) is 0.136. The van der Waals surface area contributed by atoms with E-state index in [4.69, 9.17) is 0 Å². The first-order chi connectivity index (χ1) is 15.3. The van der Waals surface area contributed by atoms with Gasteiger partial charge >= 0.3 is 5.97 Å². The zero-order valence-electron chi connectivity index (χ0n) is 17.5. The topological polar surface area (TPSA) is 117 Å². The van der Waals surface area contributed by atoms with Crippen LogP contribution in [0.3, 0.4) is 0 Å². The van der Waals surface area contributed by atoms with Gasteiger partial charge in [0.1, 0.15) is 0 Å². The van der Waals surface area contributed by atoms with Crippen molar-refractivity contribution in [3.8, 4) is 0 Å².